The van der Waals surface area contributed by atoms with Gasteiger partial charge in [-0.15, -0.1) is 11.3 Å². The highest BCUT2D eigenvalue weighted by molar-refractivity contribution is 7.14. The van der Waals surface area contributed by atoms with Gasteiger partial charge in [0.2, 0.25) is 0 Å². The van der Waals surface area contributed by atoms with Gasteiger partial charge in [0.15, 0.2) is 0 Å². The van der Waals surface area contributed by atoms with Gasteiger partial charge in [0, 0.05) is 22.9 Å². The van der Waals surface area contributed by atoms with Crippen LogP contribution in [0.4, 0.5) is 0 Å². The van der Waals surface area contributed by atoms with E-state index in [0.29, 0.717) is 12.5 Å². The Morgan fingerprint density at radius 1 is 1.52 bits per heavy atom. The van der Waals surface area contributed by atoms with Crippen molar-refractivity contribution >= 4 is 28.6 Å². The second-order valence-corrected chi connectivity index (χ2v) is 7.25. The summed E-state index contributed by atoms with van der Waals surface area (Å²) in [4.78, 5) is 18.1. The first-order valence-electron chi connectivity index (χ1n) is 7.07. The average molecular weight is 322 g/mol. The van der Waals surface area contributed by atoms with E-state index in [9.17, 15) is 9.90 Å². The zero-order chi connectivity index (χ0) is 14.8. The minimum atomic E-state index is -0.713. The third-order valence-electron chi connectivity index (χ3n) is 3.95. The molecule has 0 radical (unpaired) electrons. The predicted octanol–water partition coefficient (Wildman–Crippen LogP) is 3.56. The van der Waals surface area contributed by atoms with E-state index < -0.39 is 5.97 Å². The molecule has 0 aromatic carbocycles. The molecular weight excluding hydrogens is 304 g/mol. The van der Waals surface area contributed by atoms with Gasteiger partial charge in [0.05, 0.1) is 5.69 Å². The van der Waals surface area contributed by atoms with Crippen LogP contribution in [0.25, 0.3) is 10.6 Å². The Hall–Kier alpha value is -1.24. The summed E-state index contributed by atoms with van der Waals surface area (Å²) in [5, 5.41) is 16.6. The quantitative estimate of drug-likeness (QED) is 0.935. The molecule has 112 valence electrons. The molecule has 2 atom stereocenters. The molecule has 4 nitrogen and oxygen atoms in total. The van der Waals surface area contributed by atoms with Crippen LogP contribution >= 0.6 is 22.7 Å². The number of hydrogen-bond donors (Lipinski definition) is 1. The van der Waals surface area contributed by atoms with Crippen molar-refractivity contribution in [3.63, 3.8) is 0 Å². The van der Waals surface area contributed by atoms with Crippen LogP contribution in [0.5, 0.6) is 0 Å². The molecule has 1 N–H and O–H groups in total. The first-order chi connectivity index (χ1) is 10.1. The Morgan fingerprint density at radius 3 is 3.10 bits per heavy atom. The first-order valence-corrected chi connectivity index (χ1v) is 8.89. The molecular formula is C15H18N2O2S2. The predicted molar refractivity (Wildman–Crippen MR) is 85.7 cm³/mol. The van der Waals surface area contributed by atoms with Gasteiger partial charge in [-0.2, -0.15) is 11.3 Å². The maximum atomic E-state index is 11.4. The highest BCUT2D eigenvalue weighted by Crippen LogP contribution is 2.28. The van der Waals surface area contributed by atoms with Crippen molar-refractivity contribution in [2.24, 2.45) is 5.92 Å². The fourth-order valence-electron chi connectivity index (χ4n) is 2.74. The number of thiophene rings is 1. The monoisotopic (exact) mass is 322 g/mol. The molecule has 3 rings (SSSR count). The lowest BCUT2D eigenvalue weighted by molar-refractivity contribution is -0.145. The summed E-state index contributed by atoms with van der Waals surface area (Å²) in [6, 6.07) is 1.69. The minimum absolute atomic E-state index is 0.375. The lowest BCUT2D eigenvalue weighted by Gasteiger charge is -2.35. The number of carboxylic acid groups (broad SMARTS) is 1. The number of likely N-dealkylation sites (tertiary alicyclic amines) is 1. The van der Waals surface area contributed by atoms with Crippen molar-refractivity contribution in [2.45, 2.75) is 32.4 Å². The fraction of sp³-hybridized carbons (Fsp3) is 0.467. The average Bonchev–Trinajstić information content (AvgIpc) is 3.11. The molecule has 1 aliphatic heterocycles. The van der Waals surface area contributed by atoms with E-state index in [1.54, 1.807) is 22.7 Å². The third-order valence-corrected chi connectivity index (χ3v) is 5.57. The zero-order valence-corrected chi connectivity index (χ0v) is 13.5. The van der Waals surface area contributed by atoms with Crippen molar-refractivity contribution in [1.82, 2.24) is 9.88 Å². The molecule has 2 aromatic rings. The molecule has 0 bridgehead atoms. The highest BCUT2D eigenvalue weighted by Gasteiger charge is 2.31. The summed E-state index contributed by atoms with van der Waals surface area (Å²) in [7, 11) is 0. The van der Waals surface area contributed by atoms with E-state index in [1.165, 1.54) is 0 Å². The van der Waals surface area contributed by atoms with Crippen molar-refractivity contribution in [1.29, 1.82) is 0 Å². The molecule has 0 saturated carbocycles. The van der Waals surface area contributed by atoms with E-state index >= 15 is 0 Å². The van der Waals surface area contributed by atoms with E-state index in [2.05, 4.69) is 28.3 Å². The second kappa shape index (κ2) is 6.25. The van der Waals surface area contributed by atoms with E-state index in [4.69, 9.17) is 0 Å². The van der Waals surface area contributed by atoms with Crippen molar-refractivity contribution in [3.05, 3.63) is 27.9 Å². The Labute approximate surface area is 132 Å². The van der Waals surface area contributed by atoms with Gasteiger partial charge in [-0.05, 0) is 36.8 Å². The zero-order valence-electron chi connectivity index (χ0n) is 11.9. The van der Waals surface area contributed by atoms with Gasteiger partial charge in [-0.1, -0.05) is 6.92 Å². The Kier molecular flexibility index (Phi) is 4.37. The number of rotatable bonds is 4. The molecule has 1 fully saturated rings. The fourth-order valence-corrected chi connectivity index (χ4v) is 4.27. The summed E-state index contributed by atoms with van der Waals surface area (Å²) in [6.07, 6.45) is 1.79. The highest BCUT2D eigenvalue weighted by atomic mass is 32.1. The van der Waals surface area contributed by atoms with Crippen LogP contribution in [0, 0.1) is 5.92 Å². The molecule has 2 aromatic heterocycles. The van der Waals surface area contributed by atoms with Gasteiger partial charge in [0.1, 0.15) is 11.0 Å². The standard InChI is InChI=1S/C15H18N2O2S2/c1-10-2-4-17(13(6-10)15(18)19)7-12-9-21-14(16-12)11-3-5-20-8-11/h3,5,8-10,13H,2,4,6-7H2,1H3,(H,18,19). The largest absolute Gasteiger partial charge is 0.480 e. The van der Waals surface area contributed by atoms with Crippen LogP contribution in [-0.2, 0) is 11.3 Å². The van der Waals surface area contributed by atoms with Crippen LogP contribution in [0.2, 0.25) is 0 Å². The van der Waals surface area contributed by atoms with E-state index in [0.717, 1.165) is 35.7 Å². The van der Waals surface area contributed by atoms with Crippen LogP contribution in [0.1, 0.15) is 25.5 Å². The summed E-state index contributed by atoms with van der Waals surface area (Å²) in [5.74, 6) is -0.228. The van der Waals surface area contributed by atoms with Gasteiger partial charge in [-0.25, -0.2) is 4.98 Å². The number of carbonyl (C=O) groups is 1. The third kappa shape index (κ3) is 3.33. The second-order valence-electron chi connectivity index (χ2n) is 5.61. The number of hydrogen-bond acceptors (Lipinski definition) is 5. The summed E-state index contributed by atoms with van der Waals surface area (Å²) in [5.41, 5.74) is 2.13. The van der Waals surface area contributed by atoms with Crippen molar-refractivity contribution in [3.8, 4) is 10.6 Å². The number of thiazole rings is 1. The number of nitrogens with zero attached hydrogens (tertiary/aromatic N) is 2. The SMILES string of the molecule is CC1CCN(Cc2csc(-c3ccsc3)n2)C(C(=O)O)C1. The van der Waals surface area contributed by atoms with Gasteiger partial charge in [-0.3, -0.25) is 9.69 Å². The topological polar surface area (TPSA) is 53.4 Å². The lowest BCUT2D eigenvalue weighted by atomic mass is 9.92. The summed E-state index contributed by atoms with van der Waals surface area (Å²) < 4.78 is 0. The molecule has 2 unspecified atom stereocenters. The van der Waals surface area contributed by atoms with Crippen molar-refractivity contribution < 1.29 is 9.90 Å². The minimum Gasteiger partial charge on any atom is -0.480 e. The Balaban J connectivity index is 1.72. The Bertz CT molecular complexity index is 609. The summed E-state index contributed by atoms with van der Waals surface area (Å²) >= 11 is 3.29. The molecule has 0 aliphatic carbocycles. The molecule has 1 aliphatic rings. The number of aliphatic carboxylic acids is 1. The normalized spacial score (nSPS) is 23.3. The lowest BCUT2D eigenvalue weighted by Crippen LogP contribution is -2.46. The molecule has 0 amide bonds. The Morgan fingerprint density at radius 2 is 2.38 bits per heavy atom. The van der Waals surface area contributed by atoms with Gasteiger partial charge < -0.3 is 5.11 Å². The maximum absolute atomic E-state index is 11.4. The molecule has 0 spiro atoms. The first kappa shape index (κ1) is 14.7. The van der Waals surface area contributed by atoms with Crippen molar-refractivity contribution in [2.75, 3.05) is 6.54 Å². The number of carboxylic acids is 1. The van der Waals surface area contributed by atoms with Crippen LogP contribution in [0.3, 0.4) is 0 Å². The number of piperidine rings is 1. The summed E-state index contributed by atoms with van der Waals surface area (Å²) in [6.45, 7) is 3.60. The van der Waals surface area contributed by atoms with Crippen LogP contribution in [0.15, 0.2) is 22.2 Å². The van der Waals surface area contributed by atoms with Gasteiger partial charge in [0.25, 0.3) is 0 Å². The number of aromatic nitrogens is 1. The molecule has 21 heavy (non-hydrogen) atoms. The van der Waals surface area contributed by atoms with Gasteiger partial charge >= 0.3 is 5.97 Å². The smallest absolute Gasteiger partial charge is 0.320 e. The van der Waals surface area contributed by atoms with E-state index in [1.807, 2.05) is 10.8 Å². The van der Waals surface area contributed by atoms with Crippen LogP contribution < -0.4 is 0 Å². The molecule has 3 heterocycles. The molecule has 6 heteroatoms. The maximum Gasteiger partial charge on any atom is 0.320 e. The van der Waals surface area contributed by atoms with E-state index in [-0.39, 0.29) is 6.04 Å². The molecule has 1 saturated heterocycles. The van der Waals surface area contributed by atoms with Crippen LogP contribution in [-0.4, -0.2) is 33.5 Å².